The third-order valence-electron chi connectivity index (χ3n) is 2.83. The van der Waals surface area contributed by atoms with E-state index in [4.69, 9.17) is 0 Å². The first kappa shape index (κ1) is 8.97. The molecule has 0 aliphatic heterocycles. The molecular weight excluding hydrogens is 180 g/mol. The highest BCUT2D eigenvalue weighted by Gasteiger charge is 2.30. The van der Waals surface area contributed by atoms with Gasteiger partial charge in [0.1, 0.15) is 0 Å². The van der Waals surface area contributed by atoms with Crippen molar-refractivity contribution >= 4 is 11.3 Å². The quantitative estimate of drug-likeness (QED) is 0.718. The number of aliphatic hydroxyl groups is 1. The molecule has 0 spiro atoms. The maximum atomic E-state index is 9.22. The van der Waals surface area contributed by atoms with Crippen LogP contribution >= 0.6 is 11.3 Å². The SMILES string of the molecule is C=C1CC(c2ccsc2)[C@@H](CO)C1. The highest BCUT2D eigenvalue weighted by atomic mass is 32.1. The smallest absolute Gasteiger partial charge is 0.0468 e. The molecule has 1 aliphatic rings. The van der Waals surface area contributed by atoms with E-state index in [0.29, 0.717) is 18.4 Å². The van der Waals surface area contributed by atoms with E-state index in [0.717, 1.165) is 12.8 Å². The van der Waals surface area contributed by atoms with E-state index in [9.17, 15) is 5.11 Å². The number of hydrogen-bond donors (Lipinski definition) is 1. The Balaban J connectivity index is 2.19. The van der Waals surface area contributed by atoms with Gasteiger partial charge in [0, 0.05) is 6.61 Å². The highest BCUT2D eigenvalue weighted by Crippen LogP contribution is 2.42. The normalized spacial score (nSPS) is 28.2. The van der Waals surface area contributed by atoms with Crippen LogP contribution in [0.25, 0.3) is 0 Å². The van der Waals surface area contributed by atoms with Gasteiger partial charge >= 0.3 is 0 Å². The maximum Gasteiger partial charge on any atom is 0.0468 e. The van der Waals surface area contributed by atoms with Gasteiger partial charge in [0.25, 0.3) is 0 Å². The van der Waals surface area contributed by atoms with Crippen LogP contribution in [0.1, 0.15) is 24.3 Å². The molecule has 13 heavy (non-hydrogen) atoms. The molecule has 2 heteroatoms. The lowest BCUT2D eigenvalue weighted by molar-refractivity contribution is 0.219. The predicted molar refractivity (Wildman–Crippen MR) is 56.0 cm³/mol. The molecule has 1 heterocycles. The summed E-state index contributed by atoms with van der Waals surface area (Å²) in [5.74, 6) is 0.922. The van der Waals surface area contributed by atoms with Crippen LogP contribution in [0.5, 0.6) is 0 Å². The number of hydrogen-bond acceptors (Lipinski definition) is 2. The lowest BCUT2D eigenvalue weighted by atomic mass is 9.91. The molecule has 1 aliphatic carbocycles. The summed E-state index contributed by atoms with van der Waals surface area (Å²) in [5.41, 5.74) is 2.66. The summed E-state index contributed by atoms with van der Waals surface area (Å²) >= 11 is 1.73. The van der Waals surface area contributed by atoms with E-state index in [2.05, 4.69) is 23.4 Å². The van der Waals surface area contributed by atoms with E-state index in [1.54, 1.807) is 11.3 Å². The largest absolute Gasteiger partial charge is 0.396 e. The lowest BCUT2D eigenvalue weighted by Crippen LogP contribution is -2.09. The minimum atomic E-state index is 0.291. The maximum absolute atomic E-state index is 9.22. The summed E-state index contributed by atoms with van der Waals surface area (Å²) in [6.07, 6.45) is 2.05. The minimum Gasteiger partial charge on any atom is -0.396 e. The van der Waals surface area contributed by atoms with Crippen molar-refractivity contribution in [2.24, 2.45) is 5.92 Å². The Morgan fingerprint density at radius 1 is 1.54 bits per heavy atom. The molecule has 1 unspecified atom stereocenters. The third kappa shape index (κ3) is 1.69. The second-order valence-electron chi connectivity index (χ2n) is 3.76. The lowest BCUT2D eigenvalue weighted by Gasteiger charge is -2.14. The molecular formula is C11H14OS. The van der Waals surface area contributed by atoms with Crippen molar-refractivity contribution < 1.29 is 5.11 Å². The van der Waals surface area contributed by atoms with Gasteiger partial charge in [-0.15, -0.1) is 0 Å². The molecule has 1 fully saturated rings. The Morgan fingerprint density at radius 3 is 3.00 bits per heavy atom. The summed E-state index contributed by atoms with van der Waals surface area (Å²) < 4.78 is 0. The molecule has 2 atom stereocenters. The zero-order valence-electron chi connectivity index (χ0n) is 7.57. The van der Waals surface area contributed by atoms with Gasteiger partial charge in [0.2, 0.25) is 0 Å². The second kappa shape index (κ2) is 3.64. The second-order valence-corrected chi connectivity index (χ2v) is 4.54. The van der Waals surface area contributed by atoms with E-state index >= 15 is 0 Å². The zero-order valence-corrected chi connectivity index (χ0v) is 8.39. The van der Waals surface area contributed by atoms with Gasteiger partial charge in [-0.25, -0.2) is 0 Å². The molecule has 1 nitrogen and oxygen atoms in total. The number of allylic oxidation sites excluding steroid dienone is 1. The fraction of sp³-hybridized carbons (Fsp3) is 0.455. The standard InChI is InChI=1S/C11H14OS/c1-8-4-10(6-12)11(5-8)9-2-3-13-7-9/h2-3,7,10-12H,1,4-6H2/t10-,11?/m1/s1. The Kier molecular flexibility index (Phi) is 2.51. The van der Waals surface area contributed by atoms with Crippen LogP contribution in [0.3, 0.4) is 0 Å². The van der Waals surface area contributed by atoms with Crippen LogP contribution < -0.4 is 0 Å². The first-order valence-corrected chi connectivity index (χ1v) is 5.55. The zero-order chi connectivity index (χ0) is 9.26. The molecule has 0 aromatic carbocycles. The first-order chi connectivity index (χ1) is 6.31. The highest BCUT2D eigenvalue weighted by molar-refractivity contribution is 7.07. The fourth-order valence-electron chi connectivity index (χ4n) is 2.14. The van der Waals surface area contributed by atoms with Crippen molar-refractivity contribution in [1.29, 1.82) is 0 Å². The van der Waals surface area contributed by atoms with Crippen LogP contribution in [-0.2, 0) is 0 Å². The molecule has 1 aromatic heterocycles. The Morgan fingerprint density at radius 2 is 2.38 bits per heavy atom. The fourth-order valence-corrected chi connectivity index (χ4v) is 2.87. The Hall–Kier alpha value is -0.600. The number of thiophene rings is 1. The van der Waals surface area contributed by atoms with Crippen LogP contribution in [-0.4, -0.2) is 11.7 Å². The van der Waals surface area contributed by atoms with Crippen molar-refractivity contribution in [2.45, 2.75) is 18.8 Å². The third-order valence-corrected chi connectivity index (χ3v) is 3.54. The average molecular weight is 194 g/mol. The number of rotatable bonds is 2. The summed E-state index contributed by atoms with van der Waals surface area (Å²) in [7, 11) is 0. The average Bonchev–Trinajstić information content (AvgIpc) is 2.71. The summed E-state index contributed by atoms with van der Waals surface area (Å²) in [4.78, 5) is 0. The molecule has 2 rings (SSSR count). The monoisotopic (exact) mass is 194 g/mol. The van der Waals surface area contributed by atoms with Crippen molar-refractivity contribution in [3.8, 4) is 0 Å². The van der Waals surface area contributed by atoms with Gasteiger partial charge in [-0.1, -0.05) is 12.2 Å². The Labute approximate surface area is 82.7 Å². The van der Waals surface area contributed by atoms with Gasteiger partial charge in [-0.2, -0.15) is 11.3 Å². The van der Waals surface area contributed by atoms with Gasteiger partial charge in [-0.3, -0.25) is 0 Å². The summed E-state index contributed by atoms with van der Waals surface area (Å²) in [6, 6.07) is 2.16. The minimum absolute atomic E-state index is 0.291. The molecule has 0 radical (unpaired) electrons. The van der Waals surface area contributed by atoms with Crippen molar-refractivity contribution in [1.82, 2.24) is 0 Å². The van der Waals surface area contributed by atoms with E-state index in [-0.39, 0.29) is 0 Å². The molecule has 0 bridgehead atoms. The van der Waals surface area contributed by atoms with E-state index in [1.165, 1.54) is 11.1 Å². The molecule has 70 valence electrons. The van der Waals surface area contributed by atoms with Gasteiger partial charge in [-0.05, 0) is 47.1 Å². The van der Waals surface area contributed by atoms with Crippen LogP contribution in [0.2, 0.25) is 0 Å². The van der Waals surface area contributed by atoms with E-state index in [1.807, 2.05) is 0 Å². The summed E-state index contributed by atoms with van der Waals surface area (Å²) in [6.45, 7) is 4.30. The van der Waals surface area contributed by atoms with Gasteiger partial charge < -0.3 is 5.11 Å². The van der Waals surface area contributed by atoms with Crippen LogP contribution in [0.15, 0.2) is 29.0 Å². The van der Waals surface area contributed by atoms with Crippen molar-refractivity contribution in [3.05, 3.63) is 34.5 Å². The van der Waals surface area contributed by atoms with Crippen LogP contribution in [0, 0.1) is 5.92 Å². The van der Waals surface area contributed by atoms with Gasteiger partial charge in [0.05, 0.1) is 0 Å². The molecule has 1 aromatic rings. The van der Waals surface area contributed by atoms with Crippen LogP contribution in [0.4, 0.5) is 0 Å². The molecule has 1 N–H and O–H groups in total. The number of aliphatic hydroxyl groups excluding tert-OH is 1. The molecule has 0 amide bonds. The molecule has 1 saturated carbocycles. The first-order valence-electron chi connectivity index (χ1n) is 4.61. The summed E-state index contributed by atoms with van der Waals surface area (Å²) in [5, 5.41) is 13.5. The van der Waals surface area contributed by atoms with Crippen molar-refractivity contribution in [2.75, 3.05) is 6.61 Å². The van der Waals surface area contributed by atoms with E-state index < -0.39 is 0 Å². The molecule has 0 saturated heterocycles. The van der Waals surface area contributed by atoms with Crippen molar-refractivity contribution in [3.63, 3.8) is 0 Å². The predicted octanol–water partition coefficient (Wildman–Crippen LogP) is 2.79. The topological polar surface area (TPSA) is 20.2 Å². The Bertz CT molecular complexity index is 289. The van der Waals surface area contributed by atoms with Gasteiger partial charge in [0.15, 0.2) is 0 Å².